The number of aliphatic hydroxyl groups is 1. The average Bonchev–Trinajstić information content (AvgIpc) is 3.66. The van der Waals surface area contributed by atoms with Crippen molar-refractivity contribution in [3.8, 4) is 22.4 Å². The van der Waals surface area contributed by atoms with Crippen LogP contribution in [0, 0.1) is 12.7 Å². The van der Waals surface area contributed by atoms with Crippen LogP contribution in [0.5, 0.6) is 0 Å². The van der Waals surface area contributed by atoms with Crippen molar-refractivity contribution in [3.05, 3.63) is 77.2 Å². The topological polar surface area (TPSA) is 108 Å². The maximum absolute atomic E-state index is 13.9. The van der Waals surface area contributed by atoms with Crippen molar-refractivity contribution >= 4 is 13.3 Å². The Morgan fingerprint density at radius 2 is 1.74 bits per heavy atom. The van der Waals surface area contributed by atoms with Crippen LogP contribution in [0.15, 0.2) is 54.6 Å². The molecule has 6 nitrogen and oxygen atoms in total. The van der Waals surface area contributed by atoms with E-state index in [9.17, 15) is 28.9 Å². The molecule has 0 bridgehead atoms. The van der Waals surface area contributed by atoms with Crippen LogP contribution in [-0.2, 0) is 14.5 Å². The van der Waals surface area contributed by atoms with Gasteiger partial charge in [0.1, 0.15) is 5.82 Å². The van der Waals surface area contributed by atoms with E-state index in [4.69, 9.17) is 4.98 Å². The molecular weight excluding hydrogens is 468 g/mol. The van der Waals surface area contributed by atoms with E-state index in [2.05, 4.69) is 0 Å². The summed E-state index contributed by atoms with van der Waals surface area (Å²) in [7, 11) is -4.52. The molecular formula is C27H29FNO5P. The van der Waals surface area contributed by atoms with E-state index in [0.29, 0.717) is 28.1 Å². The monoisotopic (exact) mass is 497 g/mol. The number of hydrogen-bond acceptors (Lipinski definition) is 4. The number of aromatic nitrogens is 1. The molecule has 1 aliphatic rings. The van der Waals surface area contributed by atoms with E-state index in [-0.39, 0.29) is 17.6 Å². The van der Waals surface area contributed by atoms with Gasteiger partial charge in [-0.2, -0.15) is 0 Å². The molecule has 1 fully saturated rings. The Kier molecular flexibility index (Phi) is 6.71. The standard InChI is InChI=1S/C27H29FNO5P/c1-4-35(33,34)27(17(3)30,26(31)32)23-22(18-12-14-21(28)15-13-18)16(2)24(19-8-6-5-7-9-19)29-25(23)20-10-11-20/h5-9,12-15,17,20,30H,4,10-11H2,1-3H3,(H,31,32)(H,33,34). The van der Waals surface area contributed by atoms with Gasteiger partial charge in [0, 0.05) is 28.9 Å². The van der Waals surface area contributed by atoms with Crippen LogP contribution in [0.25, 0.3) is 22.4 Å². The van der Waals surface area contributed by atoms with Gasteiger partial charge in [-0.05, 0) is 55.5 Å². The lowest BCUT2D eigenvalue weighted by molar-refractivity contribution is -0.144. The summed E-state index contributed by atoms with van der Waals surface area (Å²) < 4.78 is 27.6. The molecule has 8 heteroatoms. The predicted molar refractivity (Wildman–Crippen MR) is 133 cm³/mol. The second kappa shape index (κ2) is 9.30. The van der Waals surface area contributed by atoms with Gasteiger partial charge in [0.15, 0.2) is 5.16 Å². The summed E-state index contributed by atoms with van der Waals surface area (Å²) in [6, 6.07) is 15.0. The lowest BCUT2D eigenvalue weighted by Crippen LogP contribution is -2.47. The van der Waals surface area contributed by atoms with Gasteiger partial charge in [-0.25, -0.2) is 4.39 Å². The van der Waals surface area contributed by atoms with Gasteiger partial charge in [-0.15, -0.1) is 0 Å². The van der Waals surface area contributed by atoms with Crippen LogP contribution in [0.2, 0.25) is 0 Å². The molecule has 0 spiro atoms. The van der Waals surface area contributed by atoms with E-state index in [1.165, 1.54) is 38.1 Å². The summed E-state index contributed by atoms with van der Waals surface area (Å²) >= 11 is 0. The van der Waals surface area contributed by atoms with Crippen molar-refractivity contribution in [1.29, 1.82) is 0 Å². The number of hydrogen-bond donors (Lipinski definition) is 3. The highest BCUT2D eigenvalue weighted by atomic mass is 31.2. The van der Waals surface area contributed by atoms with E-state index in [1.807, 2.05) is 30.3 Å². The summed E-state index contributed by atoms with van der Waals surface area (Å²) in [5.41, 5.74) is 3.35. The SMILES string of the molecule is CCP(=O)(O)C(C(=O)O)(c1c(C2CC2)nc(-c2ccccc2)c(C)c1-c1ccc(F)cc1)C(C)O. The molecule has 1 aliphatic carbocycles. The number of halogens is 1. The first-order chi connectivity index (χ1) is 16.6. The quantitative estimate of drug-likeness (QED) is 0.345. The first-order valence-electron chi connectivity index (χ1n) is 11.7. The predicted octanol–water partition coefficient (Wildman–Crippen LogP) is 5.69. The number of carboxylic acids is 1. The Labute approximate surface area is 203 Å². The van der Waals surface area contributed by atoms with Crippen molar-refractivity contribution in [2.75, 3.05) is 6.16 Å². The minimum atomic E-state index is -4.52. The van der Waals surface area contributed by atoms with Crippen molar-refractivity contribution in [3.63, 3.8) is 0 Å². The molecule has 1 heterocycles. The van der Waals surface area contributed by atoms with Crippen molar-refractivity contribution in [2.45, 2.75) is 50.8 Å². The fourth-order valence-corrected chi connectivity index (χ4v) is 6.90. The normalized spacial score (nSPS) is 17.9. The Morgan fingerprint density at radius 1 is 1.14 bits per heavy atom. The molecule has 0 aliphatic heterocycles. The molecule has 3 atom stereocenters. The Hall–Kier alpha value is -2.86. The number of nitrogens with zero attached hydrogens (tertiary/aromatic N) is 1. The van der Waals surface area contributed by atoms with Gasteiger partial charge >= 0.3 is 5.97 Å². The van der Waals surface area contributed by atoms with Crippen LogP contribution < -0.4 is 0 Å². The molecule has 1 aromatic heterocycles. The van der Waals surface area contributed by atoms with Crippen LogP contribution in [0.3, 0.4) is 0 Å². The molecule has 35 heavy (non-hydrogen) atoms. The lowest BCUT2D eigenvalue weighted by atomic mass is 9.81. The molecule has 0 radical (unpaired) electrons. The second-order valence-corrected chi connectivity index (χ2v) is 11.9. The minimum Gasteiger partial charge on any atom is -0.480 e. The van der Waals surface area contributed by atoms with Gasteiger partial charge in [0.05, 0.1) is 11.8 Å². The molecule has 0 amide bonds. The van der Waals surface area contributed by atoms with E-state index < -0.39 is 30.4 Å². The average molecular weight is 498 g/mol. The van der Waals surface area contributed by atoms with Crippen LogP contribution in [0.1, 0.15) is 49.4 Å². The molecule has 3 N–H and O–H groups in total. The molecule has 0 saturated heterocycles. The van der Waals surface area contributed by atoms with Crippen LogP contribution in [0.4, 0.5) is 4.39 Å². The number of carbonyl (C=O) groups is 1. The van der Waals surface area contributed by atoms with Gasteiger partial charge in [-0.1, -0.05) is 49.4 Å². The zero-order valence-electron chi connectivity index (χ0n) is 19.9. The molecule has 1 saturated carbocycles. The van der Waals surface area contributed by atoms with Gasteiger partial charge in [0.25, 0.3) is 0 Å². The Bertz CT molecular complexity index is 1310. The van der Waals surface area contributed by atoms with E-state index in [1.54, 1.807) is 6.92 Å². The van der Waals surface area contributed by atoms with Crippen molar-refractivity contribution < 1.29 is 28.9 Å². The smallest absolute Gasteiger partial charge is 0.326 e. The third-order valence-corrected chi connectivity index (χ3v) is 9.65. The molecule has 4 rings (SSSR count). The zero-order chi connectivity index (χ0) is 25.5. The highest BCUT2D eigenvalue weighted by molar-refractivity contribution is 7.60. The summed E-state index contributed by atoms with van der Waals surface area (Å²) in [6.45, 7) is 4.45. The first-order valence-corrected chi connectivity index (χ1v) is 13.5. The summed E-state index contributed by atoms with van der Waals surface area (Å²) in [4.78, 5) is 29.1. The number of aliphatic carboxylic acids is 1. The molecule has 184 valence electrons. The maximum atomic E-state index is 13.9. The zero-order valence-corrected chi connectivity index (χ0v) is 20.8. The maximum Gasteiger partial charge on any atom is 0.326 e. The highest BCUT2D eigenvalue weighted by Gasteiger charge is 2.61. The van der Waals surface area contributed by atoms with Crippen LogP contribution >= 0.6 is 7.37 Å². The first kappa shape index (κ1) is 25.2. The molecule has 2 aromatic carbocycles. The summed E-state index contributed by atoms with van der Waals surface area (Å²) in [5.74, 6) is -2.16. The minimum absolute atomic E-state index is 0.0546. The largest absolute Gasteiger partial charge is 0.480 e. The third kappa shape index (κ3) is 4.12. The third-order valence-electron chi connectivity index (χ3n) is 6.90. The lowest BCUT2D eigenvalue weighted by Gasteiger charge is -2.39. The number of rotatable bonds is 8. The number of benzene rings is 2. The number of aliphatic hydroxyl groups excluding tert-OH is 1. The highest BCUT2D eigenvalue weighted by Crippen LogP contribution is 2.65. The van der Waals surface area contributed by atoms with Gasteiger partial charge in [-0.3, -0.25) is 14.3 Å². The second-order valence-electron chi connectivity index (χ2n) is 9.13. The van der Waals surface area contributed by atoms with E-state index in [0.717, 1.165) is 18.4 Å². The van der Waals surface area contributed by atoms with Crippen LogP contribution in [-0.4, -0.2) is 38.3 Å². The van der Waals surface area contributed by atoms with Crippen molar-refractivity contribution in [2.24, 2.45) is 0 Å². The summed E-state index contributed by atoms with van der Waals surface area (Å²) in [6.07, 6.45) is -0.553. The fourth-order valence-electron chi connectivity index (χ4n) is 4.95. The molecule has 3 unspecified atom stereocenters. The fraction of sp³-hybridized carbons (Fsp3) is 0.333. The number of pyridine rings is 1. The summed E-state index contributed by atoms with van der Waals surface area (Å²) in [5, 5.41) is 19.0. The Balaban J connectivity index is 2.24. The molecule has 3 aromatic rings. The number of carboxylic acid groups (broad SMARTS) is 1. The van der Waals surface area contributed by atoms with E-state index >= 15 is 0 Å². The van der Waals surface area contributed by atoms with Crippen molar-refractivity contribution in [1.82, 2.24) is 4.98 Å². The van der Waals surface area contributed by atoms with Gasteiger partial charge < -0.3 is 15.1 Å². The van der Waals surface area contributed by atoms with Gasteiger partial charge in [0.2, 0.25) is 7.37 Å². The Morgan fingerprint density at radius 3 is 2.23 bits per heavy atom.